The van der Waals surface area contributed by atoms with Gasteiger partial charge in [-0.2, -0.15) is 0 Å². The van der Waals surface area contributed by atoms with Gasteiger partial charge in [-0.25, -0.2) is 19.9 Å². The number of benzene rings is 1. The van der Waals surface area contributed by atoms with E-state index in [1.165, 1.54) is 5.56 Å². The van der Waals surface area contributed by atoms with Gasteiger partial charge in [-0.3, -0.25) is 4.90 Å². The average Bonchev–Trinajstić information content (AvgIpc) is 3.11. The SMILES string of the molecule is COCN1c2cc(Cn3cnc4ncccc43)ccc2Sc2nccnc21. The number of hydrogen-bond donors (Lipinski definition) is 0. The molecule has 4 heterocycles. The molecule has 0 saturated heterocycles. The second-order valence-electron chi connectivity index (χ2n) is 6.15. The number of hydrogen-bond acceptors (Lipinski definition) is 7. The van der Waals surface area contributed by atoms with Crippen molar-refractivity contribution in [2.24, 2.45) is 0 Å². The normalized spacial score (nSPS) is 12.9. The van der Waals surface area contributed by atoms with Gasteiger partial charge in [-0.05, 0) is 29.8 Å². The topological polar surface area (TPSA) is 69.0 Å². The predicted octanol–water partition coefficient (Wildman–Crippen LogP) is 3.48. The summed E-state index contributed by atoms with van der Waals surface area (Å²) >= 11 is 1.63. The highest BCUT2D eigenvalue weighted by atomic mass is 32.2. The van der Waals surface area contributed by atoms with Gasteiger partial charge in [0.05, 0.1) is 17.5 Å². The Morgan fingerprint density at radius 1 is 1.04 bits per heavy atom. The van der Waals surface area contributed by atoms with E-state index in [9.17, 15) is 0 Å². The van der Waals surface area contributed by atoms with E-state index >= 15 is 0 Å². The van der Waals surface area contributed by atoms with Gasteiger partial charge in [-0.1, -0.05) is 17.8 Å². The van der Waals surface area contributed by atoms with Crippen molar-refractivity contribution in [1.82, 2.24) is 24.5 Å². The number of pyridine rings is 1. The van der Waals surface area contributed by atoms with Gasteiger partial charge in [0.15, 0.2) is 11.5 Å². The molecule has 0 radical (unpaired) electrons. The Balaban J connectivity index is 1.54. The van der Waals surface area contributed by atoms with Gasteiger partial charge in [0.2, 0.25) is 0 Å². The minimum Gasteiger partial charge on any atom is -0.364 e. The van der Waals surface area contributed by atoms with Crippen LogP contribution in [0.5, 0.6) is 0 Å². The summed E-state index contributed by atoms with van der Waals surface area (Å²) in [6, 6.07) is 10.4. The number of ether oxygens (including phenoxy) is 1. The molecule has 0 unspecified atom stereocenters. The van der Waals surface area contributed by atoms with E-state index in [1.807, 2.05) is 18.5 Å². The molecule has 3 aromatic heterocycles. The van der Waals surface area contributed by atoms with Crippen molar-refractivity contribution in [2.75, 3.05) is 18.7 Å². The number of anilines is 2. The molecule has 0 bridgehead atoms. The summed E-state index contributed by atoms with van der Waals surface area (Å²) < 4.78 is 7.53. The summed E-state index contributed by atoms with van der Waals surface area (Å²) in [6.45, 7) is 1.13. The fourth-order valence-corrected chi connectivity index (χ4v) is 4.22. The molecule has 0 amide bonds. The molecule has 0 saturated carbocycles. The minimum absolute atomic E-state index is 0.417. The van der Waals surface area contributed by atoms with Crippen LogP contribution in [0.3, 0.4) is 0 Å². The summed E-state index contributed by atoms with van der Waals surface area (Å²) in [7, 11) is 1.69. The first-order chi connectivity index (χ1) is 13.3. The molecule has 0 spiro atoms. The number of fused-ring (bicyclic) bond motifs is 3. The van der Waals surface area contributed by atoms with Crippen LogP contribution in [-0.2, 0) is 11.3 Å². The van der Waals surface area contributed by atoms with Crippen LogP contribution in [0.2, 0.25) is 0 Å². The molecular weight excluding hydrogens is 360 g/mol. The monoisotopic (exact) mass is 376 g/mol. The zero-order valence-corrected chi connectivity index (χ0v) is 15.4. The van der Waals surface area contributed by atoms with Gasteiger partial charge in [-0.15, -0.1) is 0 Å². The number of nitrogens with zero attached hydrogens (tertiary/aromatic N) is 6. The Morgan fingerprint density at radius 3 is 2.89 bits per heavy atom. The van der Waals surface area contributed by atoms with Crippen molar-refractivity contribution in [3.63, 3.8) is 0 Å². The van der Waals surface area contributed by atoms with Crippen LogP contribution in [0.15, 0.2) is 65.2 Å². The Morgan fingerprint density at radius 2 is 1.96 bits per heavy atom. The van der Waals surface area contributed by atoms with Gasteiger partial charge < -0.3 is 9.30 Å². The van der Waals surface area contributed by atoms with Gasteiger partial charge in [0.1, 0.15) is 11.8 Å². The van der Waals surface area contributed by atoms with Gasteiger partial charge in [0, 0.05) is 37.1 Å². The van der Waals surface area contributed by atoms with Crippen LogP contribution in [0.4, 0.5) is 11.5 Å². The second kappa shape index (κ2) is 6.64. The molecule has 0 fully saturated rings. The van der Waals surface area contributed by atoms with E-state index in [4.69, 9.17) is 4.74 Å². The lowest BCUT2D eigenvalue weighted by Gasteiger charge is -2.30. The van der Waals surface area contributed by atoms with E-state index in [-0.39, 0.29) is 0 Å². The number of methoxy groups -OCH3 is 1. The maximum Gasteiger partial charge on any atom is 0.177 e. The smallest absolute Gasteiger partial charge is 0.177 e. The predicted molar refractivity (Wildman–Crippen MR) is 103 cm³/mol. The summed E-state index contributed by atoms with van der Waals surface area (Å²) in [4.78, 5) is 20.8. The zero-order chi connectivity index (χ0) is 18.2. The molecule has 0 atom stereocenters. The first kappa shape index (κ1) is 16.2. The lowest BCUT2D eigenvalue weighted by molar-refractivity contribution is 0.204. The Bertz CT molecular complexity index is 1130. The molecule has 0 aliphatic carbocycles. The van der Waals surface area contributed by atoms with Crippen LogP contribution < -0.4 is 4.90 Å². The molecule has 1 aliphatic rings. The third-order valence-electron chi connectivity index (χ3n) is 4.43. The molecule has 7 nitrogen and oxygen atoms in total. The van der Waals surface area contributed by atoms with Crippen molar-refractivity contribution in [3.8, 4) is 0 Å². The lowest BCUT2D eigenvalue weighted by atomic mass is 10.1. The third-order valence-corrected chi connectivity index (χ3v) is 5.48. The second-order valence-corrected chi connectivity index (χ2v) is 7.18. The van der Waals surface area contributed by atoms with Gasteiger partial charge >= 0.3 is 0 Å². The Hall–Kier alpha value is -2.97. The number of imidazole rings is 1. The summed E-state index contributed by atoms with van der Waals surface area (Å²) in [5.74, 6) is 0.825. The van der Waals surface area contributed by atoms with Crippen LogP contribution in [0, 0.1) is 0 Å². The molecule has 4 aromatic rings. The zero-order valence-electron chi connectivity index (χ0n) is 14.6. The first-order valence-corrected chi connectivity index (χ1v) is 9.29. The fourth-order valence-electron chi connectivity index (χ4n) is 3.23. The van der Waals surface area contributed by atoms with Crippen molar-refractivity contribution in [1.29, 1.82) is 0 Å². The van der Waals surface area contributed by atoms with Crippen molar-refractivity contribution < 1.29 is 4.74 Å². The van der Waals surface area contributed by atoms with Crippen LogP contribution in [0.25, 0.3) is 11.2 Å². The van der Waals surface area contributed by atoms with Crippen molar-refractivity contribution in [3.05, 3.63) is 60.8 Å². The van der Waals surface area contributed by atoms with Crippen molar-refractivity contribution >= 4 is 34.4 Å². The summed E-state index contributed by atoms with van der Waals surface area (Å²) in [6.07, 6.45) is 7.02. The molecule has 8 heteroatoms. The largest absolute Gasteiger partial charge is 0.364 e. The molecule has 27 heavy (non-hydrogen) atoms. The molecule has 134 valence electrons. The quantitative estimate of drug-likeness (QED) is 0.540. The maximum atomic E-state index is 5.42. The summed E-state index contributed by atoms with van der Waals surface area (Å²) in [5.41, 5.74) is 4.03. The fraction of sp³-hybridized carbons (Fsp3) is 0.158. The van der Waals surface area contributed by atoms with E-state index in [1.54, 1.807) is 37.5 Å². The van der Waals surface area contributed by atoms with Crippen LogP contribution in [0.1, 0.15) is 5.56 Å². The molecular formula is C19H16N6OS. The van der Waals surface area contributed by atoms with Gasteiger partial charge in [0.25, 0.3) is 0 Å². The standard InChI is InChI=1S/C19H16N6OS/c1-26-12-25-15-9-13(10-24-11-23-17-14(24)3-2-6-20-17)4-5-16(15)27-19-18(25)21-7-8-22-19/h2-9,11H,10,12H2,1H3. The maximum absolute atomic E-state index is 5.42. The third kappa shape index (κ3) is 2.83. The molecule has 0 N–H and O–H groups in total. The van der Waals surface area contributed by atoms with E-state index in [2.05, 4.69) is 47.6 Å². The van der Waals surface area contributed by atoms with Crippen molar-refractivity contribution in [2.45, 2.75) is 16.5 Å². The number of aromatic nitrogens is 5. The Labute approximate surface area is 160 Å². The van der Waals surface area contributed by atoms with E-state index in [0.29, 0.717) is 13.3 Å². The highest BCUT2D eigenvalue weighted by molar-refractivity contribution is 7.99. The number of rotatable bonds is 4. The lowest BCUT2D eigenvalue weighted by Crippen LogP contribution is -2.24. The minimum atomic E-state index is 0.417. The van der Waals surface area contributed by atoms with Crippen LogP contribution in [-0.4, -0.2) is 38.3 Å². The average molecular weight is 376 g/mol. The highest BCUT2D eigenvalue weighted by Gasteiger charge is 2.25. The first-order valence-electron chi connectivity index (χ1n) is 8.47. The van der Waals surface area contributed by atoms with E-state index < -0.39 is 0 Å². The highest BCUT2D eigenvalue weighted by Crippen LogP contribution is 2.46. The molecule has 5 rings (SSSR count). The molecule has 1 aliphatic heterocycles. The van der Waals surface area contributed by atoms with E-state index in [0.717, 1.165) is 32.6 Å². The summed E-state index contributed by atoms with van der Waals surface area (Å²) in [5, 5.41) is 0.890. The molecule has 1 aromatic carbocycles. The Kier molecular flexibility index (Phi) is 3.99. The van der Waals surface area contributed by atoms with Crippen LogP contribution >= 0.6 is 11.8 Å².